The van der Waals surface area contributed by atoms with Crippen molar-refractivity contribution in [2.24, 2.45) is 0 Å². The highest BCUT2D eigenvalue weighted by molar-refractivity contribution is 5.84. The summed E-state index contributed by atoms with van der Waals surface area (Å²) in [5, 5.41) is 7.79. The van der Waals surface area contributed by atoms with Crippen molar-refractivity contribution >= 4 is 34.5 Å². The average Bonchev–Trinajstić information content (AvgIpc) is 2.98. The molecule has 2 aromatic heterocycles. The van der Waals surface area contributed by atoms with Crippen molar-refractivity contribution in [1.29, 1.82) is 0 Å². The summed E-state index contributed by atoms with van der Waals surface area (Å²) in [6, 6.07) is 17.6. The number of rotatable bonds is 12. The molecule has 0 aliphatic heterocycles. The third kappa shape index (κ3) is 6.97. The number of fused-ring (bicyclic) bond motifs is 1. The van der Waals surface area contributed by atoms with E-state index >= 15 is 0 Å². The Morgan fingerprint density at radius 3 is 2.33 bits per heavy atom. The van der Waals surface area contributed by atoms with Gasteiger partial charge in [-0.15, -0.1) is 0 Å². The van der Waals surface area contributed by atoms with Gasteiger partial charge in [0, 0.05) is 36.3 Å². The van der Waals surface area contributed by atoms with E-state index in [1.807, 2.05) is 54.6 Å². The molecule has 40 heavy (non-hydrogen) atoms. The predicted octanol–water partition coefficient (Wildman–Crippen LogP) is 7.54. The number of aromatic nitrogens is 3. The van der Waals surface area contributed by atoms with Crippen molar-refractivity contribution in [3.63, 3.8) is 0 Å². The van der Waals surface area contributed by atoms with Gasteiger partial charge in [0.1, 0.15) is 5.58 Å². The molecule has 0 bridgehead atoms. The summed E-state index contributed by atoms with van der Waals surface area (Å²) in [7, 11) is 0. The first-order valence-corrected chi connectivity index (χ1v) is 14.8. The van der Waals surface area contributed by atoms with Crippen LogP contribution in [0, 0.1) is 0 Å². The summed E-state index contributed by atoms with van der Waals surface area (Å²) in [6.07, 6.45) is 10.4. The van der Waals surface area contributed by atoms with Gasteiger partial charge in [-0.05, 0) is 49.4 Å². The lowest BCUT2D eigenvalue weighted by molar-refractivity contribution is 0.460. The number of nitrogens with zero attached hydrogens (tertiary/aromatic N) is 4. The Labute approximate surface area is 236 Å². The van der Waals surface area contributed by atoms with E-state index in [0.717, 1.165) is 68.3 Å². The van der Waals surface area contributed by atoms with E-state index in [4.69, 9.17) is 19.4 Å². The molecule has 2 N–H and O–H groups in total. The standard InChI is InChI=1S/C32H40N6O2/c1-3-5-19-38(20-6-4-2)32-36-30(33-25-15-11-8-12-16-25)35-31(37-32)34-26-18-17-24-21-27(23-13-9-7-10-14-23)29(39)40-28(24)22-26/h7,9-10,13-14,17-18,21-22,25H,3-6,8,11-12,15-16,19-20H2,1-2H3,(H2,33,34,35,36,37). The topological polar surface area (TPSA) is 96.2 Å². The van der Waals surface area contributed by atoms with Crippen LogP contribution in [0.3, 0.4) is 0 Å². The van der Waals surface area contributed by atoms with E-state index in [0.29, 0.717) is 35.0 Å². The summed E-state index contributed by atoms with van der Waals surface area (Å²) in [4.78, 5) is 29.5. The Kier molecular flexibility index (Phi) is 9.26. The molecule has 0 unspecified atom stereocenters. The summed E-state index contributed by atoms with van der Waals surface area (Å²) in [6.45, 7) is 6.23. The Morgan fingerprint density at radius 2 is 1.60 bits per heavy atom. The van der Waals surface area contributed by atoms with Gasteiger partial charge in [-0.1, -0.05) is 76.3 Å². The van der Waals surface area contributed by atoms with Crippen molar-refractivity contribution < 1.29 is 4.42 Å². The van der Waals surface area contributed by atoms with E-state index < -0.39 is 0 Å². The number of anilines is 4. The maximum Gasteiger partial charge on any atom is 0.344 e. The third-order valence-electron chi connectivity index (χ3n) is 7.48. The van der Waals surface area contributed by atoms with Crippen LogP contribution in [0.2, 0.25) is 0 Å². The lowest BCUT2D eigenvalue weighted by Crippen LogP contribution is -2.29. The fraction of sp³-hybridized carbons (Fsp3) is 0.438. The Bertz CT molecular complexity index is 1440. The predicted molar refractivity (Wildman–Crippen MR) is 164 cm³/mol. The van der Waals surface area contributed by atoms with Gasteiger partial charge in [-0.3, -0.25) is 0 Å². The van der Waals surface area contributed by atoms with Gasteiger partial charge in [0.2, 0.25) is 17.8 Å². The number of nitrogens with one attached hydrogen (secondary N) is 2. The minimum atomic E-state index is -0.361. The first-order valence-electron chi connectivity index (χ1n) is 14.8. The molecule has 5 rings (SSSR count). The van der Waals surface area contributed by atoms with Crippen LogP contribution in [0.5, 0.6) is 0 Å². The van der Waals surface area contributed by atoms with Crippen LogP contribution in [0.15, 0.2) is 63.8 Å². The first-order chi connectivity index (χ1) is 19.6. The fourth-order valence-corrected chi connectivity index (χ4v) is 5.20. The van der Waals surface area contributed by atoms with Gasteiger partial charge in [0.05, 0.1) is 5.56 Å². The van der Waals surface area contributed by atoms with E-state index in [1.165, 1.54) is 19.3 Å². The minimum Gasteiger partial charge on any atom is -0.422 e. The second-order valence-corrected chi connectivity index (χ2v) is 10.6. The largest absolute Gasteiger partial charge is 0.422 e. The van der Waals surface area contributed by atoms with Gasteiger partial charge in [0.15, 0.2) is 0 Å². The molecule has 0 saturated heterocycles. The number of unbranched alkanes of at least 4 members (excludes halogenated alkanes) is 2. The van der Waals surface area contributed by atoms with E-state index in [2.05, 4.69) is 29.4 Å². The zero-order valence-electron chi connectivity index (χ0n) is 23.7. The first kappa shape index (κ1) is 27.6. The van der Waals surface area contributed by atoms with Crippen LogP contribution in [-0.4, -0.2) is 34.1 Å². The molecular formula is C32H40N6O2. The highest BCUT2D eigenvalue weighted by Crippen LogP contribution is 2.26. The molecular weight excluding hydrogens is 500 g/mol. The maximum atomic E-state index is 12.8. The second-order valence-electron chi connectivity index (χ2n) is 10.6. The van der Waals surface area contributed by atoms with E-state index in [1.54, 1.807) is 0 Å². The van der Waals surface area contributed by atoms with Crippen LogP contribution >= 0.6 is 0 Å². The normalized spacial score (nSPS) is 13.8. The summed E-state index contributed by atoms with van der Waals surface area (Å²) >= 11 is 0. The maximum absolute atomic E-state index is 12.8. The molecule has 4 aromatic rings. The van der Waals surface area contributed by atoms with Gasteiger partial charge >= 0.3 is 5.63 Å². The molecule has 210 valence electrons. The smallest absolute Gasteiger partial charge is 0.344 e. The molecule has 1 saturated carbocycles. The zero-order chi connectivity index (χ0) is 27.7. The minimum absolute atomic E-state index is 0.361. The lowest BCUT2D eigenvalue weighted by Gasteiger charge is -2.25. The van der Waals surface area contributed by atoms with Crippen molar-refractivity contribution in [1.82, 2.24) is 15.0 Å². The zero-order valence-corrected chi connectivity index (χ0v) is 23.7. The molecule has 0 spiro atoms. The number of benzene rings is 2. The highest BCUT2D eigenvalue weighted by Gasteiger charge is 2.18. The second kappa shape index (κ2) is 13.4. The molecule has 1 aliphatic rings. The monoisotopic (exact) mass is 540 g/mol. The van der Waals surface area contributed by atoms with E-state index in [9.17, 15) is 4.79 Å². The van der Waals surface area contributed by atoms with E-state index in [-0.39, 0.29) is 5.63 Å². The average molecular weight is 541 g/mol. The van der Waals surface area contributed by atoms with Gasteiger partial charge in [0.25, 0.3) is 0 Å². The van der Waals surface area contributed by atoms with Crippen LogP contribution < -0.4 is 21.2 Å². The molecule has 0 radical (unpaired) electrons. The van der Waals surface area contributed by atoms with Crippen molar-refractivity contribution in [2.45, 2.75) is 77.7 Å². The van der Waals surface area contributed by atoms with Gasteiger partial charge in [-0.25, -0.2) is 4.79 Å². The molecule has 8 nitrogen and oxygen atoms in total. The summed E-state index contributed by atoms with van der Waals surface area (Å²) < 4.78 is 5.73. The quantitative estimate of drug-likeness (QED) is 0.178. The Morgan fingerprint density at radius 1 is 0.875 bits per heavy atom. The van der Waals surface area contributed by atoms with Gasteiger partial charge in [-0.2, -0.15) is 15.0 Å². The Balaban J connectivity index is 1.45. The van der Waals surface area contributed by atoms with Crippen molar-refractivity contribution in [2.75, 3.05) is 28.6 Å². The molecule has 0 atom stereocenters. The molecule has 1 aliphatic carbocycles. The van der Waals surface area contributed by atoms with Crippen LogP contribution in [0.25, 0.3) is 22.1 Å². The molecule has 1 fully saturated rings. The molecule has 8 heteroatoms. The van der Waals surface area contributed by atoms with Crippen molar-refractivity contribution in [3.8, 4) is 11.1 Å². The highest BCUT2D eigenvalue weighted by atomic mass is 16.4. The molecule has 0 amide bonds. The van der Waals surface area contributed by atoms with Crippen LogP contribution in [0.4, 0.5) is 23.5 Å². The molecule has 2 aromatic carbocycles. The number of hydrogen-bond acceptors (Lipinski definition) is 8. The Hall–Kier alpha value is -3.94. The lowest BCUT2D eigenvalue weighted by atomic mass is 9.96. The van der Waals surface area contributed by atoms with Crippen LogP contribution in [0.1, 0.15) is 71.6 Å². The summed E-state index contributed by atoms with van der Waals surface area (Å²) in [5.41, 5.74) is 2.29. The van der Waals surface area contributed by atoms with Crippen molar-refractivity contribution in [3.05, 3.63) is 65.0 Å². The molecule has 2 heterocycles. The van der Waals surface area contributed by atoms with Gasteiger partial charge < -0.3 is 20.0 Å². The SMILES string of the molecule is CCCCN(CCCC)c1nc(Nc2ccc3cc(-c4ccccc4)c(=O)oc3c2)nc(NC2CCCCC2)n1. The fourth-order valence-electron chi connectivity index (χ4n) is 5.20. The number of hydrogen-bond donors (Lipinski definition) is 2. The summed E-state index contributed by atoms with van der Waals surface area (Å²) in [5.74, 6) is 1.78. The van der Waals surface area contributed by atoms with Crippen LogP contribution in [-0.2, 0) is 0 Å². The third-order valence-corrected chi connectivity index (χ3v) is 7.48.